The molecule has 4 nitrogen and oxygen atoms in total. The maximum atomic E-state index is 11.8. The molecule has 0 spiro atoms. The maximum Gasteiger partial charge on any atom is 0.269 e. The molecular formula is C12H10N2O2. The molecule has 4 heteroatoms. The number of rotatable bonds is 3. The molecule has 0 fully saturated rings. The van der Waals surface area contributed by atoms with Gasteiger partial charge < -0.3 is 4.57 Å². The zero-order chi connectivity index (χ0) is 11.4. The van der Waals surface area contributed by atoms with Crippen molar-refractivity contribution in [1.29, 1.82) is 0 Å². The Morgan fingerprint density at radius 3 is 2.69 bits per heavy atom. The largest absolute Gasteiger partial charge is 0.305 e. The van der Waals surface area contributed by atoms with Gasteiger partial charge in [0.05, 0.1) is 12.7 Å². The van der Waals surface area contributed by atoms with Crippen molar-refractivity contribution in [1.82, 2.24) is 9.55 Å². The lowest BCUT2D eigenvalue weighted by Gasteiger charge is -2.03. The van der Waals surface area contributed by atoms with E-state index in [2.05, 4.69) is 4.98 Å². The van der Waals surface area contributed by atoms with Crippen molar-refractivity contribution in [3.63, 3.8) is 0 Å². The Kier molecular flexibility index (Phi) is 2.91. The van der Waals surface area contributed by atoms with Crippen molar-refractivity contribution in [3.05, 3.63) is 64.8 Å². The average molecular weight is 214 g/mol. The fourth-order valence-corrected chi connectivity index (χ4v) is 1.37. The summed E-state index contributed by atoms with van der Waals surface area (Å²) in [6.45, 7) is 0.0470. The van der Waals surface area contributed by atoms with Gasteiger partial charge >= 0.3 is 0 Å². The zero-order valence-corrected chi connectivity index (χ0v) is 8.54. The van der Waals surface area contributed by atoms with Crippen molar-refractivity contribution in [2.45, 2.75) is 6.54 Å². The van der Waals surface area contributed by atoms with Crippen LogP contribution in [0.1, 0.15) is 10.4 Å². The second-order valence-electron chi connectivity index (χ2n) is 3.33. The van der Waals surface area contributed by atoms with E-state index in [0.29, 0.717) is 5.56 Å². The number of carbonyl (C=O) groups is 1. The highest BCUT2D eigenvalue weighted by molar-refractivity contribution is 5.95. The van der Waals surface area contributed by atoms with Crippen LogP contribution in [0.4, 0.5) is 0 Å². The summed E-state index contributed by atoms with van der Waals surface area (Å²) in [6.07, 6.45) is 4.18. The fraction of sp³-hybridized carbons (Fsp3) is 0.0833. The van der Waals surface area contributed by atoms with E-state index < -0.39 is 0 Å². The Morgan fingerprint density at radius 2 is 2.00 bits per heavy atom. The highest BCUT2D eigenvalue weighted by Crippen LogP contribution is 2.00. The molecule has 1 heterocycles. The van der Waals surface area contributed by atoms with Crippen LogP contribution in [0.3, 0.4) is 0 Å². The molecule has 2 rings (SSSR count). The summed E-state index contributed by atoms with van der Waals surface area (Å²) in [5, 5.41) is 0. The lowest BCUT2D eigenvalue weighted by atomic mass is 10.1. The quantitative estimate of drug-likeness (QED) is 0.719. The standard InChI is InChI=1S/C12H10N2O2/c15-11(10-4-2-1-3-5-10)9-14-7-6-13-8-12(14)16/h1-8H,9H2. The average Bonchev–Trinajstić information content (AvgIpc) is 2.33. The highest BCUT2D eigenvalue weighted by Gasteiger charge is 2.06. The van der Waals surface area contributed by atoms with Crippen molar-refractivity contribution < 1.29 is 4.79 Å². The molecule has 0 N–H and O–H groups in total. The number of carbonyl (C=O) groups excluding carboxylic acids is 1. The minimum Gasteiger partial charge on any atom is -0.305 e. The van der Waals surface area contributed by atoms with Gasteiger partial charge in [-0.15, -0.1) is 0 Å². The normalized spacial score (nSPS) is 10.0. The third-order valence-corrected chi connectivity index (χ3v) is 2.21. The predicted octanol–water partition coefficient (Wildman–Crippen LogP) is 1.13. The first-order valence-corrected chi connectivity index (χ1v) is 4.86. The van der Waals surface area contributed by atoms with E-state index >= 15 is 0 Å². The van der Waals surface area contributed by atoms with Gasteiger partial charge in [0, 0.05) is 18.0 Å². The molecule has 0 saturated carbocycles. The lowest BCUT2D eigenvalue weighted by Crippen LogP contribution is -2.23. The van der Waals surface area contributed by atoms with Gasteiger partial charge in [0.15, 0.2) is 5.78 Å². The summed E-state index contributed by atoms with van der Waals surface area (Å²) in [5.41, 5.74) is 0.331. The van der Waals surface area contributed by atoms with Crippen LogP contribution in [0, 0.1) is 0 Å². The van der Waals surface area contributed by atoms with Crippen LogP contribution in [0.5, 0.6) is 0 Å². The molecule has 0 aliphatic carbocycles. The highest BCUT2D eigenvalue weighted by atomic mass is 16.1. The van der Waals surface area contributed by atoms with Crippen molar-refractivity contribution in [2.24, 2.45) is 0 Å². The minimum absolute atomic E-state index is 0.0470. The van der Waals surface area contributed by atoms with Gasteiger partial charge in [-0.25, -0.2) is 0 Å². The molecule has 1 aromatic heterocycles. The summed E-state index contributed by atoms with van der Waals surface area (Å²) in [6, 6.07) is 8.89. The number of nitrogens with zero attached hydrogens (tertiary/aromatic N) is 2. The van der Waals surface area contributed by atoms with Crippen LogP contribution in [0.15, 0.2) is 53.7 Å². The minimum atomic E-state index is -0.271. The maximum absolute atomic E-state index is 11.8. The monoisotopic (exact) mass is 214 g/mol. The number of benzene rings is 1. The molecule has 0 radical (unpaired) electrons. The Bertz CT molecular complexity index is 546. The first-order valence-electron chi connectivity index (χ1n) is 4.86. The summed E-state index contributed by atoms with van der Waals surface area (Å²) in [7, 11) is 0. The number of aromatic nitrogens is 2. The topological polar surface area (TPSA) is 52.0 Å². The number of hydrogen-bond acceptors (Lipinski definition) is 3. The first kappa shape index (κ1) is 10.3. The van der Waals surface area contributed by atoms with Gasteiger partial charge in [-0.2, -0.15) is 0 Å². The molecule has 0 atom stereocenters. The Morgan fingerprint density at radius 1 is 1.25 bits per heavy atom. The van der Waals surface area contributed by atoms with Gasteiger partial charge in [-0.3, -0.25) is 14.6 Å². The third-order valence-electron chi connectivity index (χ3n) is 2.21. The smallest absolute Gasteiger partial charge is 0.269 e. The van der Waals surface area contributed by atoms with Crippen LogP contribution < -0.4 is 5.56 Å². The summed E-state index contributed by atoms with van der Waals surface area (Å²) in [4.78, 5) is 26.8. The predicted molar refractivity (Wildman–Crippen MR) is 59.3 cm³/mol. The van der Waals surface area contributed by atoms with E-state index in [0.717, 1.165) is 0 Å². The summed E-state index contributed by atoms with van der Waals surface area (Å²) >= 11 is 0. The summed E-state index contributed by atoms with van der Waals surface area (Å²) in [5.74, 6) is -0.0890. The van der Waals surface area contributed by atoms with Crippen molar-refractivity contribution in [2.75, 3.05) is 0 Å². The van der Waals surface area contributed by atoms with E-state index in [-0.39, 0.29) is 17.9 Å². The van der Waals surface area contributed by atoms with Crippen LogP contribution >= 0.6 is 0 Å². The molecule has 0 aliphatic rings. The Hall–Kier alpha value is -2.23. The van der Waals surface area contributed by atoms with E-state index in [1.54, 1.807) is 24.3 Å². The van der Waals surface area contributed by atoms with Gasteiger partial charge in [0.25, 0.3) is 5.56 Å². The second-order valence-corrected chi connectivity index (χ2v) is 3.33. The van der Waals surface area contributed by atoms with Crippen LogP contribution in [0.25, 0.3) is 0 Å². The molecule has 0 saturated heterocycles. The molecule has 80 valence electrons. The molecule has 16 heavy (non-hydrogen) atoms. The molecule has 0 aliphatic heterocycles. The SMILES string of the molecule is O=C(Cn1ccncc1=O)c1ccccc1. The molecular weight excluding hydrogens is 204 g/mol. The third kappa shape index (κ3) is 2.23. The van der Waals surface area contributed by atoms with E-state index in [4.69, 9.17) is 0 Å². The molecule has 0 bridgehead atoms. The Balaban J connectivity index is 2.21. The van der Waals surface area contributed by atoms with Crippen LogP contribution in [-0.2, 0) is 6.54 Å². The van der Waals surface area contributed by atoms with Gasteiger partial charge in [0.1, 0.15) is 0 Å². The second kappa shape index (κ2) is 4.53. The number of Topliss-reactive ketones (excluding diaryl/α,β-unsaturated/α-hetero) is 1. The number of ketones is 1. The summed E-state index contributed by atoms with van der Waals surface area (Å²) < 4.78 is 1.34. The van der Waals surface area contributed by atoms with Crippen LogP contribution in [0.2, 0.25) is 0 Å². The van der Waals surface area contributed by atoms with Crippen LogP contribution in [-0.4, -0.2) is 15.3 Å². The van der Waals surface area contributed by atoms with Crippen molar-refractivity contribution in [3.8, 4) is 0 Å². The van der Waals surface area contributed by atoms with Gasteiger partial charge in [-0.05, 0) is 0 Å². The molecule has 1 aromatic carbocycles. The molecule has 2 aromatic rings. The van der Waals surface area contributed by atoms with E-state index in [1.165, 1.54) is 23.2 Å². The molecule has 0 unspecified atom stereocenters. The lowest BCUT2D eigenvalue weighted by molar-refractivity contribution is 0.0971. The zero-order valence-electron chi connectivity index (χ0n) is 8.54. The van der Waals surface area contributed by atoms with E-state index in [9.17, 15) is 9.59 Å². The fourth-order valence-electron chi connectivity index (χ4n) is 1.37. The Labute approximate surface area is 92.2 Å². The van der Waals surface area contributed by atoms with Crippen molar-refractivity contribution >= 4 is 5.78 Å². The first-order chi connectivity index (χ1) is 7.77. The van der Waals surface area contributed by atoms with E-state index in [1.807, 2.05) is 6.07 Å². The number of hydrogen-bond donors (Lipinski definition) is 0. The van der Waals surface area contributed by atoms with Gasteiger partial charge in [0.2, 0.25) is 0 Å². The van der Waals surface area contributed by atoms with Gasteiger partial charge in [-0.1, -0.05) is 30.3 Å². The molecule has 0 amide bonds.